The number of hydrogen-bond donors (Lipinski definition) is 1. The molecule has 0 spiro atoms. The third kappa shape index (κ3) is 2.06. The van der Waals surface area contributed by atoms with Crippen LogP contribution in [-0.2, 0) is 13.5 Å². The van der Waals surface area contributed by atoms with Gasteiger partial charge in [-0.15, -0.1) is 10.2 Å². The first-order valence-corrected chi connectivity index (χ1v) is 5.93. The number of aryl methyl sites for hydroxylation is 1. The van der Waals surface area contributed by atoms with E-state index in [0.29, 0.717) is 12.0 Å². The molecule has 6 heteroatoms. The Morgan fingerprint density at radius 3 is 3.07 bits per heavy atom. The molecule has 1 aromatic rings. The molecule has 1 N–H and O–H groups in total. The van der Waals surface area contributed by atoms with Gasteiger partial charge in [0.2, 0.25) is 0 Å². The van der Waals surface area contributed by atoms with E-state index in [1.54, 1.807) is 7.05 Å². The van der Waals surface area contributed by atoms with Crippen LogP contribution in [-0.4, -0.2) is 44.8 Å². The van der Waals surface area contributed by atoms with Gasteiger partial charge >= 0.3 is 0 Å². The zero-order valence-corrected chi connectivity index (χ0v) is 9.29. The highest BCUT2D eigenvalue weighted by molar-refractivity contribution is 7.99. The van der Waals surface area contributed by atoms with Gasteiger partial charge < -0.3 is 5.32 Å². The third-order valence-corrected chi connectivity index (χ3v) is 3.82. The average Bonchev–Trinajstić information content (AvgIpc) is 2.76. The highest BCUT2D eigenvalue weighted by Crippen LogP contribution is 2.26. The molecule has 0 amide bonds. The monoisotopic (exact) mass is 213 g/mol. The van der Waals surface area contributed by atoms with Crippen LogP contribution >= 0.6 is 11.8 Å². The molecule has 0 saturated carbocycles. The molecule has 0 radical (unpaired) electrons. The molecule has 2 unspecified atom stereocenters. The molecule has 1 fully saturated rings. The van der Waals surface area contributed by atoms with E-state index in [1.807, 2.05) is 18.8 Å². The summed E-state index contributed by atoms with van der Waals surface area (Å²) in [5.41, 5.74) is 0. The Hall–Kier alpha value is -0.620. The Balaban J connectivity index is 1.96. The van der Waals surface area contributed by atoms with Gasteiger partial charge in [-0.25, -0.2) is 0 Å². The van der Waals surface area contributed by atoms with E-state index in [9.17, 15) is 0 Å². The van der Waals surface area contributed by atoms with Crippen LogP contribution in [0, 0.1) is 5.92 Å². The molecule has 0 aliphatic carbocycles. The number of nitrogens with zero attached hydrogens (tertiary/aromatic N) is 4. The SMILES string of the molecule is CNC1CSCC1Cc1nnn(C)n1. The van der Waals surface area contributed by atoms with Crippen LogP contribution in [0.15, 0.2) is 0 Å². The summed E-state index contributed by atoms with van der Waals surface area (Å²) in [6.07, 6.45) is 0.937. The maximum Gasteiger partial charge on any atom is 0.175 e. The predicted molar refractivity (Wildman–Crippen MR) is 56.2 cm³/mol. The van der Waals surface area contributed by atoms with Crippen molar-refractivity contribution in [1.29, 1.82) is 0 Å². The van der Waals surface area contributed by atoms with E-state index >= 15 is 0 Å². The summed E-state index contributed by atoms with van der Waals surface area (Å²) in [5.74, 6) is 3.90. The normalized spacial score (nSPS) is 27.0. The first kappa shape index (κ1) is 9.92. The second-order valence-electron chi connectivity index (χ2n) is 3.59. The minimum absolute atomic E-state index is 0.601. The van der Waals surface area contributed by atoms with Gasteiger partial charge in [-0.1, -0.05) is 0 Å². The van der Waals surface area contributed by atoms with E-state index in [1.165, 1.54) is 16.3 Å². The summed E-state index contributed by atoms with van der Waals surface area (Å²) < 4.78 is 0. The average molecular weight is 213 g/mol. The minimum atomic E-state index is 0.601. The molecule has 1 aliphatic heterocycles. The Kier molecular flexibility index (Phi) is 3.02. The molecular weight excluding hydrogens is 198 g/mol. The number of thioether (sulfide) groups is 1. The Bertz CT molecular complexity index is 300. The standard InChI is InChI=1S/C8H15N5S/c1-9-7-5-14-4-6(7)3-8-10-12-13(2)11-8/h6-7,9H,3-5H2,1-2H3. The van der Waals surface area contributed by atoms with Crippen molar-refractivity contribution in [3.63, 3.8) is 0 Å². The zero-order valence-electron chi connectivity index (χ0n) is 8.47. The van der Waals surface area contributed by atoms with E-state index in [2.05, 4.69) is 20.7 Å². The van der Waals surface area contributed by atoms with Gasteiger partial charge in [0.25, 0.3) is 0 Å². The first-order chi connectivity index (χ1) is 6.79. The molecule has 2 rings (SSSR count). The van der Waals surface area contributed by atoms with Gasteiger partial charge in [0.15, 0.2) is 5.82 Å². The van der Waals surface area contributed by atoms with Gasteiger partial charge in [-0.3, -0.25) is 0 Å². The second-order valence-corrected chi connectivity index (χ2v) is 4.67. The fraction of sp³-hybridized carbons (Fsp3) is 0.875. The van der Waals surface area contributed by atoms with Gasteiger partial charge in [0.05, 0.1) is 7.05 Å². The van der Waals surface area contributed by atoms with Crippen LogP contribution < -0.4 is 5.32 Å². The fourth-order valence-electron chi connectivity index (χ4n) is 1.76. The number of aromatic nitrogens is 4. The Labute approximate surface area is 87.6 Å². The van der Waals surface area contributed by atoms with Crippen molar-refractivity contribution in [2.24, 2.45) is 13.0 Å². The molecule has 1 aromatic heterocycles. The largest absolute Gasteiger partial charge is 0.316 e. The van der Waals surface area contributed by atoms with Crippen LogP contribution in [0.5, 0.6) is 0 Å². The van der Waals surface area contributed by atoms with E-state index in [-0.39, 0.29) is 0 Å². The van der Waals surface area contributed by atoms with Crippen LogP contribution in [0.1, 0.15) is 5.82 Å². The third-order valence-electron chi connectivity index (χ3n) is 2.56. The van der Waals surface area contributed by atoms with Gasteiger partial charge in [0.1, 0.15) is 0 Å². The lowest BCUT2D eigenvalue weighted by Gasteiger charge is -2.15. The van der Waals surface area contributed by atoms with Crippen LogP contribution in [0.25, 0.3) is 0 Å². The lowest BCUT2D eigenvalue weighted by Crippen LogP contribution is -2.33. The van der Waals surface area contributed by atoms with E-state index in [4.69, 9.17) is 0 Å². The highest BCUT2D eigenvalue weighted by atomic mass is 32.2. The second kappa shape index (κ2) is 4.27. The summed E-state index contributed by atoms with van der Waals surface area (Å²) in [6, 6.07) is 0.601. The molecule has 2 heterocycles. The summed E-state index contributed by atoms with van der Waals surface area (Å²) in [4.78, 5) is 1.52. The Morgan fingerprint density at radius 1 is 1.57 bits per heavy atom. The number of hydrogen-bond acceptors (Lipinski definition) is 5. The number of nitrogens with one attached hydrogen (secondary N) is 1. The topological polar surface area (TPSA) is 55.6 Å². The van der Waals surface area contributed by atoms with E-state index < -0.39 is 0 Å². The maximum atomic E-state index is 4.20. The smallest absolute Gasteiger partial charge is 0.175 e. The van der Waals surface area contributed by atoms with Crippen LogP contribution in [0.4, 0.5) is 0 Å². The van der Waals surface area contributed by atoms with Crippen molar-refractivity contribution in [3.05, 3.63) is 5.82 Å². The lowest BCUT2D eigenvalue weighted by molar-refractivity contribution is 0.444. The molecule has 1 aliphatic rings. The zero-order chi connectivity index (χ0) is 9.97. The van der Waals surface area contributed by atoms with Gasteiger partial charge in [0, 0.05) is 18.2 Å². The van der Waals surface area contributed by atoms with Crippen molar-refractivity contribution in [2.45, 2.75) is 12.5 Å². The molecule has 0 aromatic carbocycles. The Morgan fingerprint density at radius 2 is 2.43 bits per heavy atom. The molecule has 2 atom stereocenters. The molecule has 0 bridgehead atoms. The summed E-state index contributed by atoms with van der Waals surface area (Å²) in [6.45, 7) is 0. The van der Waals surface area contributed by atoms with Crippen LogP contribution in [0.2, 0.25) is 0 Å². The molecular formula is C8H15N5S. The minimum Gasteiger partial charge on any atom is -0.316 e. The highest BCUT2D eigenvalue weighted by Gasteiger charge is 2.27. The van der Waals surface area contributed by atoms with Crippen molar-refractivity contribution >= 4 is 11.8 Å². The first-order valence-electron chi connectivity index (χ1n) is 4.77. The quantitative estimate of drug-likeness (QED) is 0.747. The van der Waals surface area contributed by atoms with Crippen molar-refractivity contribution in [2.75, 3.05) is 18.6 Å². The maximum absolute atomic E-state index is 4.20. The van der Waals surface area contributed by atoms with E-state index in [0.717, 1.165) is 12.2 Å². The van der Waals surface area contributed by atoms with Crippen molar-refractivity contribution in [3.8, 4) is 0 Å². The molecule has 14 heavy (non-hydrogen) atoms. The number of tetrazole rings is 1. The lowest BCUT2D eigenvalue weighted by atomic mass is 10.00. The fourth-order valence-corrected chi connectivity index (χ4v) is 3.24. The summed E-state index contributed by atoms with van der Waals surface area (Å²) >= 11 is 2.00. The predicted octanol–water partition coefficient (Wildman–Crippen LogP) is -0.296. The molecule has 78 valence electrons. The van der Waals surface area contributed by atoms with Crippen molar-refractivity contribution < 1.29 is 0 Å². The van der Waals surface area contributed by atoms with Crippen LogP contribution in [0.3, 0.4) is 0 Å². The van der Waals surface area contributed by atoms with Gasteiger partial charge in [-0.2, -0.15) is 16.6 Å². The van der Waals surface area contributed by atoms with Gasteiger partial charge in [-0.05, 0) is 23.9 Å². The number of rotatable bonds is 3. The molecule has 5 nitrogen and oxygen atoms in total. The summed E-state index contributed by atoms with van der Waals surface area (Å²) in [7, 11) is 3.82. The van der Waals surface area contributed by atoms with Crippen molar-refractivity contribution in [1.82, 2.24) is 25.5 Å². The summed E-state index contributed by atoms with van der Waals surface area (Å²) in [5, 5.41) is 15.4. The molecule has 1 saturated heterocycles.